The minimum Gasteiger partial charge on any atom is -0.322 e. The van der Waals surface area contributed by atoms with Crippen LogP contribution in [-0.2, 0) is 22.7 Å². The van der Waals surface area contributed by atoms with Crippen LogP contribution in [-0.4, -0.2) is 58.7 Å². The predicted octanol–water partition coefficient (Wildman–Crippen LogP) is 0.385. The van der Waals surface area contributed by atoms with Gasteiger partial charge in [0.2, 0.25) is 11.8 Å². The minimum absolute atomic E-state index is 0.0946. The van der Waals surface area contributed by atoms with Gasteiger partial charge in [0.1, 0.15) is 6.04 Å². The number of amides is 3. The molecule has 1 unspecified atom stereocenters. The van der Waals surface area contributed by atoms with Gasteiger partial charge in [0.25, 0.3) is 5.91 Å². The Morgan fingerprint density at radius 1 is 1.19 bits per heavy atom. The first-order chi connectivity index (χ1) is 13.1. The number of hydrogen-bond acceptors (Lipinski definition) is 5. The molecule has 2 N–H and O–H groups in total. The molecule has 0 aliphatic carbocycles. The van der Waals surface area contributed by atoms with Gasteiger partial charge < -0.3 is 10.2 Å². The normalized spacial score (nSPS) is 27.0. The van der Waals surface area contributed by atoms with Crippen LogP contribution in [0.2, 0.25) is 0 Å². The summed E-state index contributed by atoms with van der Waals surface area (Å²) in [7, 11) is 0. The Morgan fingerprint density at radius 2 is 2.04 bits per heavy atom. The summed E-state index contributed by atoms with van der Waals surface area (Å²) in [5, 5.41) is 5.74. The molecule has 0 saturated carbocycles. The Morgan fingerprint density at radius 3 is 2.78 bits per heavy atom. The highest BCUT2D eigenvalue weighted by molar-refractivity contribution is 6.05. The Bertz CT molecular complexity index is 833. The van der Waals surface area contributed by atoms with Gasteiger partial charge in [-0.2, -0.15) is 0 Å². The first-order valence-corrected chi connectivity index (χ1v) is 9.78. The summed E-state index contributed by atoms with van der Waals surface area (Å²) < 4.78 is 0. The van der Waals surface area contributed by atoms with Crippen LogP contribution >= 0.6 is 0 Å². The quantitative estimate of drug-likeness (QED) is 0.754. The molecule has 5 rings (SSSR count). The third-order valence-electron chi connectivity index (χ3n) is 6.62. The fourth-order valence-corrected chi connectivity index (χ4v) is 4.98. The van der Waals surface area contributed by atoms with Gasteiger partial charge >= 0.3 is 0 Å². The molecular weight excluding hydrogens is 344 g/mol. The third-order valence-corrected chi connectivity index (χ3v) is 6.62. The van der Waals surface area contributed by atoms with Crippen molar-refractivity contribution in [2.45, 2.75) is 50.4 Å². The zero-order valence-electron chi connectivity index (χ0n) is 15.3. The fraction of sp³-hybridized carbons (Fsp3) is 0.550. The van der Waals surface area contributed by atoms with Crippen LogP contribution < -0.4 is 10.6 Å². The highest BCUT2D eigenvalue weighted by atomic mass is 16.2. The van der Waals surface area contributed by atoms with Gasteiger partial charge in [-0.25, -0.2) is 0 Å². The molecule has 1 aromatic rings. The van der Waals surface area contributed by atoms with Crippen molar-refractivity contribution in [2.24, 2.45) is 0 Å². The molecule has 4 aliphatic heterocycles. The highest BCUT2D eigenvalue weighted by Gasteiger charge is 2.45. The van der Waals surface area contributed by atoms with Crippen LogP contribution in [0.4, 0.5) is 0 Å². The summed E-state index contributed by atoms with van der Waals surface area (Å²) in [4.78, 5) is 40.6. The summed E-state index contributed by atoms with van der Waals surface area (Å²) >= 11 is 0. The third kappa shape index (κ3) is 2.68. The number of carbonyl (C=O) groups excluding carboxylic acids is 3. The van der Waals surface area contributed by atoms with Crippen molar-refractivity contribution in [3.8, 4) is 0 Å². The summed E-state index contributed by atoms with van der Waals surface area (Å²) in [6, 6.07) is 5.59. The lowest BCUT2D eigenvalue weighted by atomic mass is 9.89. The summed E-state index contributed by atoms with van der Waals surface area (Å²) in [5.74, 6) is -0.709. The number of likely N-dealkylation sites (tertiary alicyclic amines) is 1. The number of imide groups is 1. The molecule has 4 aliphatic rings. The van der Waals surface area contributed by atoms with E-state index in [-0.39, 0.29) is 24.1 Å². The van der Waals surface area contributed by atoms with Crippen LogP contribution in [0.15, 0.2) is 18.2 Å². The number of fused-ring (bicyclic) bond motifs is 1. The summed E-state index contributed by atoms with van der Waals surface area (Å²) in [6.45, 7) is 4.52. The van der Waals surface area contributed by atoms with Gasteiger partial charge in [0, 0.05) is 43.7 Å². The molecule has 4 heterocycles. The average molecular weight is 368 g/mol. The number of rotatable bonds is 3. The van der Waals surface area contributed by atoms with Gasteiger partial charge in [-0.05, 0) is 43.0 Å². The van der Waals surface area contributed by atoms with Crippen LogP contribution in [0.3, 0.4) is 0 Å². The van der Waals surface area contributed by atoms with Crippen molar-refractivity contribution in [3.05, 3.63) is 34.9 Å². The molecule has 0 radical (unpaired) electrons. The lowest BCUT2D eigenvalue weighted by molar-refractivity contribution is -0.136. The summed E-state index contributed by atoms with van der Waals surface area (Å²) in [5.41, 5.74) is 3.13. The Kier molecular flexibility index (Phi) is 3.84. The number of hydrogen-bond donors (Lipinski definition) is 2. The lowest BCUT2D eigenvalue weighted by Gasteiger charge is -2.46. The van der Waals surface area contributed by atoms with E-state index in [1.165, 1.54) is 12.8 Å². The van der Waals surface area contributed by atoms with Crippen LogP contribution in [0.5, 0.6) is 0 Å². The average Bonchev–Trinajstić information content (AvgIpc) is 3.17. The smallest absolute Gasteiger partial charge is 0.255 e. The number of benzene rings is 1. The number of carbonyl (C=O) groups is 3. The monoisotopic (exact) mass is 368 g/mol. The first-order valence-electron chi connectivity index (χ1n) is 9.78. The van der Waals surface area contributed by atoms with E-state index in [4.69, 9.17) is 0 Å². The fourth-order valence-electron chi connectivity index (χ4n) is 4.98. The molecule has 7 heteroatoms. The van der Waals surface area contributed by atoms with Crippen LogP contribution in [0, 0.1) is 0 Å². The molecule has 1 spiro atoms. The second-order valence-electron chi connectivity index (χ2n) is 8.24. The van der Waals surface area contributed by atoms with E-state index in [0.717, 1.165) is 37.3 Å². The number of nitrogens with one attached hydrogen (secondary N) is 2. The van der Waals surface area contributed by atoms with Crippen molar-refractivity contribution < 1.29 is 14.4 Å². The molecule has 0 bridgehead atoms. The molecule has 27 heavy (non-hydrogen) atoms. The van der Waals surface area contributed by atoms with Crippen molar-refractivity contribution in [3.63, 3.8) is 0 Å². The van der Waals surface area contributed by atoms with E-state index >= 15 is 0 Å². The Balaban J connectivity index is 1.34. The molecule has 3 fully saturated rings. The van der Waals surface area contributed by atoms with E-state index in [1.54, 1.807) is 4.90 Å². The van der Waals surface area contributed by atoms with E-state index in [1.807, 2.05) is 12.1 Å². The Labute approximate surface area is 158 Å². The molecule has 3 saturated heterocycles. The lowest BCUT2D eigenvalue weighted by Crippen LogP contribution is -2.65. The Hall–Kier alpha value is -2.25. The number of piperidine rings is 1. The SMILES string of the molecule is O=C1CCC(N2Cc3ccc(CN4CCCC45CNC5)cc3C2=O)C(=O)N1. The van der Waals surface area contributed by atoms with Gasteiger partial charge in [0.15, 0.2) is 0 Å². The van der Waals surface area contributed by atoms with E-state index in [0.29, 0.717) is 24.1 Å². The van der Waals surface area contributed by atoms with Gasteiger partial charge in [0.05, 0.1) is 0 Å². The maximum absolute atomic E-state index is 12.9. The van der Waals surface area contributed by atoms with E-state index in [9.17, 15) is 14.4 Å². The predicted molar refractivity (Wildman–Crippen MR) is 97.7 cm³/mol. The topological polar surface area (TPSA) is 81.8 Å². The molecule has 142 valence electrons. The zero-order valence-corrected chi connectivity index (χ0v) is 15.3. The van der Waals surface area contributed by atoms with E-state index in [2.05, 4.69) is 21.6 Å². The molecule has 1 atom stereocenters. The van der Waals surface area contributed by atoms with E-state index < -0.39 is 6.04 Å². The standard InChI is InChI=1S/C20H24N4O3/c25-17-5-4-16(18(26)22-17)24-10-14-3-2-13(8-15(14)19(24)27)9-23-7-1-6-20(23)11-21-12-20/h2-3,8,16,21H,1,4-7,9-12H2,(H,22,25,26). The van der Waals surface area contributed by atoms with Crippen LogP contribution in [0.1, 0.15) is 47.2 Å². The zero-order chi connectivity index (χ0) is 18.6. The highest BCUT2D eigenvalue weighted by Crippen LogP contribution is 2.35. The van der Waals surface area contributed by atoms with Gasteiger partial charge in [-0.1, -0.05) is 12.1 Å². The van der Waals surface area contributed by atoms with Gasteiger partial charge in [-0.15, -0.1) is 0 Å². The van der Waals surface area contributed by atoms with Crippen molar-refractivity contribution in [1.82, 2.24) is 20.4 Å². The van der Waals surface area contributed by atoms with Crippen molar-refractivity contribution in [1.29, 1.82) is 0 Å². The number of nitrogens with zero attached hydrogens (tertiary/aromatic N) is 2. The van der Waals surface area contributed by atoms with Crippen LogP contribution in [0.25, 0.3) is 0 Å². The maximum atomic E-state index is 12.9. The second kappa shape index (κ2) is 6.14. The largest absolute Gasteiger partial charge is 0.322 e. The minimum atomic E-state index is -0.547. The second-order valence-corrected chi connectivity index (χ2v) is 8.24. The maximum Gasteiger partial charge on any atom is 0.255 e. The first kappa shape index (κ1) is 16.9. The molecule has 7 nitrogen and oxygen atoms in total. The summed E-state index contributed by atoms with van der Waals surface area (Å²) in [6.07, 6.45) is 3.16. The van der Waals surface area contributed by atoms with Crippen molar-refractivity contribution in [2.75, 3.05) is 19.6 Å². The molecule has 3 amide bonds. The molecule has 1 aromatic carbocycles. The molecular formula is C20H24N4O3. The van der Waals surface area contributed by atoms with Gasteiger partial charge in [-0.3, -0.25) is 24.6 Å². The van der Waals surface area contributed by atoms with Crippen molar-refractivity contribution >= 4 is 17.7 Å². The molecule has 0 aromatic heterocycles.